The fourth-order valence-corrected chi connectivity index (χ4v) is 3.07. The quantitative estimate of drug-likeness (QED) is 0.464. The Balaban J connectivity index is 1.43. The second kappa shape index (κ2) is 8.62. The maximum atomic E-state index is 12.6. The average Bonchev–Trinajstić information content (AvgIpc) is 3.24. The number of fused-ring (bicyclic) bond motifs is 1. The number of furan rings is 1. The molecule has 2 N–H and O–H groups in total. The summed E-state index contributed by atoms with van der Waals surface area (Å²) in [5, 5.41) is 6.45. The number of carbonyl (C=O) groups is 2. The van der Waals surface area contributed by atoms with Crippen molar-refractivity contribution in [3.8, 4) is 11.5 Å². The van der Waals surface area contributed by atoms with Crippen molar-refractivity contribution in [2.75, 3.05) is 24.9 Å². The first-order valence-corrected chi connectivity index (χ1v) is 9.50. The highest BCUT2D eigenvalue weighted by atomic mass is 16.5. The van der Waals surface area contributed by atoms with Crippen molar-refractivity contribution in [1.82, 2.24) is 0 Å². The molecular weight excluding hydrogens is 396 g/mol. The predicted molar refractivity (Wildman–Crippen MR) is 118 cm³/mol. The van der Waals surface area contributed by atoms with E-state index in [1.165, 1.54) is 14.2 Å². The van der Waals surface area contributed by atoms with Crippen LogP contribution in [0.1, 0.15) is 20.9 Å². The number of hydrogen-bond acceptors (Lipinski definition) is 5. The SMILES string of the molecule is COc1cc(OC)cc(C(=O)Nc2ccc(NC(=O)c3cc4ccccc4o3)cc2)c1. The van der Waals surface area contributed by atoms with Gasteiger partial charge in [-0.25, -0.2) is 0 Å². The number of carbonyl (C=O) groups excluding carboxylic acids is 2. The van der Waals surface area contributed by atoms with Crippen LogP contribution in [-0.2, 0) is 0 Å². The molecule has 4 aromatic rings. The summed E-state index contributed by atoms with van der Waals surface area (Å²) in [7, 11) is 3.05. The Morgan fingerprint density at radius 1 is 0.742 bits per heavy atom. The van der Waals surface area contributed by atoms with Crippen molar-refractivity contribution in [1.29, 1.82) is 0 Å². The first-order chi connectivity index (χ1) is 15.1. The van der Waals surface area contributed by atoms with Gasteiger partial charge in [-0.1, -0.05) is 18.2 Å². The minimum absolute atomic E-state index is 0.227. The van der Waals surface area contributed by atoms with E-state index < -0.39 is 0 Å². The monoisotopic (exact) mass is 416 g/mol. The Bertz CT molecular complexity index is 1190. The molecule has 0 spiro atoms. The van der Waals surface area contributed by atoms with E-state index in [2.05, 4.69) is 10.6 Å². The molecule has 1 heterocycles. The third-order valence-electron chi connectivity index (χ3n) is 4.66. The van der Waals surface area contributed by atoms with E-state index in [1.807, 2.05) is 24.3 Å². The minimum atomic E-state index is -0.350. The number of para-hydroxylation sites is 1. The van der Waals surface area contributed by atoms with Crippen LogP contribution >= 0.6 is 0 Å². The molecule has 4 rings (SSSR count). The molecule has 3 aromatic carbocycles. The van der Waals surface area contributed by atoms with Crippen LogP contribution in [0.5, 0.6) is 11.5 Å². The molecule has 2 amide bonds. The molecule has 0 bridgehead atoms. The van der Waals surface area contributed by atoms with Gasteiger partial charge in [-0.3, -0.25) is 9.59 Å². The minimum Gasteiger partial charge on any atom is -0.497 e. The molecule has 31 heavy (non-hydrogen) atoms. The van der Waals surface area contributed by atoms with Crippen LogP contribution in [-0.4, -0.2) is 26.0 Å². The summed E-state index contributed by atoms with van der Waals surface area (Å²) in [6, 6.07) is 20.8. The normalized spacial score (nSPS) is 10.5. The number of nitrogens with one attached hydrogen (secondary N) is 2. The van der Waals surface area contributed by atoms with Crippen molar-refractivity contribution in [3.63, 3.8) is 0 Å². The number of methoxy groups -OCH3 is 2. The number of benzene rings is 3. The molecule has 0 atom stereocenters. The molecule has 1 aromatic heterocycles. The molecule has 0 aliphatic rings. The summed E-state index contributed by atoms with van der Waals surface area (Å²) >= 11 is 0. The molecule has 0 aliphatic heterocycles. The summed E-state index contributed by atoms with van der Waals surface area (Å²) in [4.78, 5) is 25.0. The average molecular weight is 416 g/mol. The largest absolute Gasteiger partial charge is 0.497 e. The zero-order chi connectivity index (χ0) is 21.8. The van der Waals surface area contributed by atoms with E-state index in [-0.39, 0.29) is 17.6 Å². The van der Waals surface area contributed by atoms with E-state index in [0.29, 0.717) is 34.0 Å². The first kappa shape index (κ1) is 20.0. The van der Waals surface area contributed by atoms with Crippen LogP contribution < -0.4 is 20.1 Å². The van der Waals surface area contributed by atoms with E-state index in [4.69, 9.17) is 13.9 Å². The Morgan fingerprint density at radius 3 is 1.90 bits per heavy atom. The van der Waals surface area contributed by atoms with Crippen molar-refractivity contribution < 1.29 is 23.5 Å². The van der Waals surface area contributed by atoms with Crippen LogP contribution in [0.25, 0.3) is 11.0 Å². The van der Waals surface area contributed by atoms with Gasteiger partial charge < -0.3 is 24.5 Å². The first-order valence-electron chi connectivity index (χ1n) is 9.50. The van der Waals surface area contributed by atoms with Gasteiger partial charge in [0.2, 0.25) is 0 Å². The van der Waals surface area contributed by atoms with E-state index >= 15 is 0 Å². The number of ether oxygens (including phenoxy) is 2. The van der Waals surface area contributed by atoms with Gasteiger partial charge in [0.05, 0.1) is 14.2 Å². The molecule has 0 aliphatic carbocycles. The van der Waals surface area contributed by atoms with Gasteiger partial charge in [-0.05, 0) is 48.5 Å². The van der Waals surface area contributed by atoms with Gasteiger partial charge in [0, 0.05) is 28.4 Å². The lowest BCUT2D eigenvalue weighted by atomic mass is 10.1. The summed E-state index contributed by atoms with van der Waals surface area (Å²) < 4.78 is 16.0. The number of rotatable bonds is 6. The fraction of sp³-hybridized carbons (Fsp3) is 0.0833. The lowest BCUT2D eigenvalue weighted by Gasteiger charge is -2.10. The molecule has 7 heteroatoms. The van der Waals surface area contributed by atoms with Crippen LogP contribution in [0.15, 0.2) is 77.2 Å². The second-order valence-electron chi connectivity index (χ2n) is 6.74. The summed E-state index contributed by atoms with van der Waals surface area (Å²) in [5.74, 6) is 0.611. The molecule has 0 radical (unpaired) electrons. The lowest BCUT2D eigenvalue weighted by molar-refractivity contribution is 0.0996. The summed E-state index contributed by atoms with van der Waals surface area (Å²) in [5.41, 5.74) is 2.21. The van der Waals surface area contributed by atoms with E-state index in [1.54, 1.807) is 48.5 Å². The third-order valence-corrected chi connectivity index (χ3v) is 4.66. The van der Waals surface area contributed by atoms with Crippen LogP contribution in [0.2, 0.25) is 0 Å². The zero-order valence-electron chi connectivity index (χ0n) is 17.0. The van der Waals surface area contributed by atoms with Crippen molar-refractivity contribution in [2.24, 2.45) is 0 Å². The van der Waals surface area contributed by atoms with Crippen LogP contribution in [0.3, 0.4) is 0 Å². The molecular formula is C24H20N2O5. The van der Waals surface area contributed by atoms with Crippen molar-refractivity contribution in [3.05, 3.63) is 84.1 Å². The lowest BCUT2D eigenvalue weighted by Crippen LogP contribution is -2.13. The Hall–Kier alpha value is -4.26. The number of hydrogen-bond donors (Lipinski definition) is 2. The molecule has 0 saturated carbocycles. The van der Waals surface area contributed by atoms with Gasteiger partial charge >= 0.3 is 0 Å². The van der Waals surface area contributed by atoms with Gasteiger partial charge in [0.25, 0.3) is 11.8 Å². The molecule has 0 saturated heterocycles. The summed E-state index contributed by atoms with van der Waals surface area (Å²) in [6.07, 6.45) is 0. The van der Waals surface area contributed by atoms with E-state index in [9.17, 15) is 9.59 Å². The van der Waals surface area contributed by atoms with E-state index in [0.717, 1.165) is 5.39 Å². The smallest absolute Gasteiger partial charge is 0.291 e. The van der Waals surface area contributed by atoms with Crippen molar-refractivity contribution in [2.45, 2.75) is 0 Å². The second-order valence-corrected chi connectivity index (χ2v) is 6.74. The van der Waals surface area contributed by atoms with Crippen LogP contribution in [0.4, 0.5) is 11.4 Å². The molecule has 156 valence electrons. The van der Waals surface area contributed by atoms with Gasteiger partial charge in [-0.15, -0.1) is 0 Å². The van der Waals surface area contributed by atoms with Gasteiger partial charge in [-0.2, -0.15) is 0 Å². The maximum absolute atomic E-state index is 12.6. The van der Waals surface area contributed by atoms with Crippen LogP contribution in [0, 0.1) is 0 Å². The summed E-state index contributed by atoms with van der Waals surface area (Å²) in [6.45, 7) is 0. The predicted octanol–water partition coefficient (Wildman–Crippen LogP) is 4.95. The number of amides is 2. The Morgan fingerprint density at radius 2 is 1.32 bits per heavy atom. The standard InChI is InChI=1S/C24H20N2O5/c1-29-19-11-16(12-20(14-19)30-2)23(27)25-17-7-9-18(10-8-17)26-24(28)22-13-15-5-3-4-6-21(15)31-22/h3-14H,1-2H3,(H,25,27)(H,26,28). The Kier molecular flexibility index (Phi) is 5.57. The fourth-order valence-electron chi connectivity index (χ4n) is 3.07. The molecule has 7 nitrogen and oxygen atoms in total. The highest BCUT2D eigenvalue weighted by Crippen LogP contribution is 2.24. The molecule has 0 unspecified atom stereocenters. The maximum Gasteiger partial charge on any atom is 0.291 e. The topological polar surface area (TPSA) is 89.8 Å². The van der Waals surface area contributed by atoms with Gasteiger partial charge in [0.1, 0.15) is 17.1 Å². The third kappa shape index (κ3) is 4.51. The van der Waals surface area contributed by atoms with Gasteiger partial charge in [0.15, 0.2) is 5.76 Å². The number of anilines is 2. The highest BCUT2D eigenvalue weighted by Gasteiger charge is 2.13. The molecule has 0 fully saturated rings. The zero-order valence-corrected chi connectivity index (χ0v) is 17.0. The Labute approximate surface area is 178 Å². The highest BCUT2D eigenvalue weighted by molar-refractivity contribution is 6.06. The van der Waals surface area contributed by atoms with Crippen molar-refractivity contribution >= 4 is 34.2 Å².